The third-order valence-corrected chi connectivity index (χ3v) is 6.21. The van der Waals surface area contributed by atoms with Crippen molar-refractivity contribution < 1.29 is 17.6 Å². The molecule has 1 aliphatic rings. The van der Waals surface area contributed by atoms with Gasteiger partial charge in [0.2, 0.25) is 0 Å². The maximum Gasteiger partial charge on any atom is 0.254 e. The van der Waals surface area contributed by atoms with E-state index >= 15 is 0 Å². The highest BCUT2D eigenvalue weighted by Crippen LogP contribution is 2.20. The topological polar surface area (TPSA) is 63.2 Å². The van der Waals surface area contributed by atoms with Crippen molar-refractivity contribution in [3.8, 4) is 0 Å². The highest BCUT2D eigenvalue weighted by molar-refractivity contribution is 7.92. The van der Waals surface area contributed by atoms with Crippen molar-refractivity contribution in [1.29, 1.82) is 0 Å². The van der Waals surface area contributed by atoms with Gasteiger partial charge in [-0.05, 0) is 57.2 Å². The molecule has 23 heavy (non-hydrogen) atoms. The monoisotopic (exact) mass is 339 g/mol. The molecule has 0 spiro atoms. The summed E-state index contributed by atoms with van der Waals surface area (Å²) in [7, 11) is -3.54. The lowest BCUT2D eigenvalue weighted by atomic mass is 9.94. The Morgan fingerprint density at radius 3 is 2.70 bits per heavy atom. The molecule has 1 unspecified atom stereocenters. The highest BCUT2D eigenvalue weighted by Gasteiger charge is 2.22. The summed E-state index contributed by atoms with van der Waals surface area (Å²) in [5.41, 5.74) is -0.224. The number of benzene rings is 1. The summed E-state index contributed by atoms with van der Waals surface area (Å²) < 4.78 is 38.2. The van der Waals surface area contributed by atoms with Crippen LogP contribution in [0.15, 0.2) is 35.2 Å². The molecule has 0 saturated heterocycles. The van der Waals surface area contributed by atoms with E-state index in [4.69, 9.17) is 0 Å². The van der Waals surface area contributed by atoms with Crippen LogP contribution >= 0.6 is 0 Å². The molecule has 4 nitrogen and oxygen atoms in total. The van der Waals surface area contributed by atoms with Crippen LogP contribution in [-0.4, -0.2) is 26.1 Å². The smallest absolute Gasteiger partial charge is 0.254 e. The van der Waals surface area contributed by atoms with Crippen molar-refractivity contribution >= 4 is 15.7 Å². The number of amides is 1. The number of sulfone groups is 1. The van der Waals surface area contributed by atoms with Crippen LogP contribution in [0.5, 0.6) is 0 Å². The van der Waals surface area contributed by atoms with Crippen LogP contribution in [0.4, 0.5) is 4.39 Å². The van der Waals surface area contributed by atoms with E-state index in [1.54, 1.807) is 13.8 Å². The summed E-state index contributed by atoms with van der Waals surface area (Å²) in [4.78, 5) is 12.2. The van der Waals surface area contributed by atoms with Crippen molar-refractivity contribution in [3.05, 3.63) is 41.7 Å². The Morgan fingerprint density at radius 2 is 2.09 bits per heavy atom. The molecular formula is C17H22FNO3S. The maximum absolute atomic E-state index is 13.9. The van der Waals surface area contributed by atoms with E-state index in [0.29, 0.717) is 12.5 Å². The molecule has 0 aromatic heterocycles. The van der Waals surface area contributed by atoms with Gasteiger partial charge < -0.3 is 5.32 Å². The minimum atomic E-state index is -3.54. The van der Waals surface area contributed by atoms with Crippen molar-refractivity contribution in [3.63, 3.8) is 0 Å². The van der Waals surface area contributed by atoms with Gasteiger partial charge in [0.15, 0.2) is 9.84 Å². The first-order valence-electron chi connectivity index (χ1n) is 7.79. The lowest BCUT2D eigenvalue weighted by Crippen LogP contribution is -2.30. The fourth-order valence-corrected chi connectivity index (χ4v) is 3.59. The number of allylic oxidation sites excluding steroid dienone is 2. The largest absolute Gasteiger partial charge is 0.352 e. The number of nitrogens with one attached hydrogen (secondary N) is 1. The van der Waals surface area contributed by atoms with Gasteiger partial charge in [-0.15, -0.1) is 0 Å². The molecule has 0 saturated carbocycles. The van der Waals surface area contributed by atoms with Crippen LogP contribution in [0.3, 0.4) is 0 Å². The first-order valence-corrected chi connectivity index (χ1v) is 9.33. The average molecular weight is 339 g/mol. The fourth-order valence-electron chi connectivity index (χ4n) is 2.50. The van der Waals surface area contributed by atoms with Crippen molar-refractivity contribution in [2.75, 3.05) is 6.54 Å². The molecule has 0 bridgehead atoms. The third-order valence-electron chi connectivity index (χ3n) is 4.06. The number of carbonyl (C=O) groups excluding carboxylic acids is 1. The molecule has 1 N–H and O–H groups in total. The Hall–Kier alpha value is -1.69. The van der Waals surface area contributed by atoms with Crippen LogP contribution in [-0.2, 0) is 9.84 Å². The standard InChI is InChI=1S/C17H22FNO3S/c1-12(2)23(21,22)14-8-9-16(18)15(10-14)17(20)19-11-13-6-4-3-5-7-13/h3-4,8-10,12-13H,5-7,11H2,1-2H3,(H,19,20). The SMILES string of the molecule is CC(C)S(=O)(=O)c1ccc(F)c(C(=O)NCC2CC=CCC2)c1. The lowest BCUT2D eigenvalue weighted by Gasteiger charge is -2.18. The predicted octanol–water partition coefficient (Wildman–Crippen LogP) is 3.09. The number of carbonyl (C=O) groups is 1. The Labute approximate surface area is 136 Å². The zero-order chi connectivity index (χ0) is 17.0. The molecule has 0 radical (unpaired) electrons. The zero-order valence-corrected chi connectivity index (χ0v) is 14.2. The molecule has 0 fully saturated rings. The number of hydrogen-bond acceptors (Lipinski definition) is 3. The second-order valence-corrected chi connectivity index (χ2v) is 8.60. The molecule has 1 amide bonds. The molecule has 2 rings (SSSR count). The van der Waals surface area contributed by atoms with Crippen LogP contribution in [0.1, 0.15) is 43.5 Å². The first kappa shape index (κ1) is 17.7. The molecule has 1 aromatic carbocycles. The molecular weight excluding hydrogens is 317 g/mol. The van der Waals surface area contributed by atoms with E-state index < -0.39 is 26.8 Å². The highest BCUT2D eigenvalue weighted by atomic mass is 32.2. The summed E-state index contributed by atoms with van der Waals surface area (Å²) in [6.07, 6.45) is 7.05. The minimum absolute atomic E-state index is 0.0281. The normalized spacial score (nSPS) is 18.2. The summed E-state index contributed by atoms with van der Waals surface area (Å²) in [5.74, 6) is -0.943. The minimum Gasteiger partial charge on any atom is -0.352 e. The van der Waals surface area contributed by atoms with Gasteiger partial charge >= 0.3 is 0 Å². The van der Waals surface area contributed by atoms with E-state index in [0.717, 1.165) is 31.4 Å². The predicted molar refractivity (Wildman–Crippen MR) is 87.5 cm³/mol. The Morgan fingerprint density at radius 1 is 1.35 bits per heavy atom. The second-order valence-electron chi connectivity index (χ2n) is 6.10. The third kappa shape index (κ3) is 4.19. The van der Waals surface area contributed by atoms with Gasteiger partial charge in [-0.2, -0.15) is 0 Å². The van der Waals surface area contributed by atoms with Crippen molar-refractivity contribution in [2.45, 2.75) is 43.3 Å². The quantitative estimate of drug-likeness (QED) is 0.662. The zero-order valence-electron chi connectivity index (χ0n) is 13.4. The summed E-state index contributed by atoms with van der Waals surface area (Å²) in [6.45, 7) is 3.56. The van der Waals surface area contributed by atoms with Crippen LogP contribution in [0.25, 0.3) is 0 Å². The molecule has 6 heteroatoms. The molecule has 0 heterocycles. The first-order chi connectivity index (χ1) is 10.8. The van der Waals surface area contributed by atoms with Crippen molar-refractivity contribution in [2.24, 2.45) is 5.92 Å². The van der Waals surface area contributed by atoms with E-state index in [1.165, 1.54) is 6.07 Å². The molecule has 126 valence electrons. The Kier molecular flexibility index (Phi) is 5.57. The molecule has 1 aromatic rings. The van der Waals surface area contributed by atoms with Crippen molar-refractivity contribution in [1.82, 2.24) is 5.32 Å². The van der Waals surface area contributed by atoms with Gasteiger partial charge in [-0.3, -0.25) is 4.79 Å². The fraction of sp³-hybridized carbons (Fsp3) is 0.471. The summed E-state index contributed by atoms with van der Waals surface area (Å²) >= 11 is 0. The van der Waals surface area contributed by atoms with Gasteiger partial charge in [-0.1, -0.05) is 12.2 Å². The Bertz CT molecular complexity index is 711. The van der Waals surface area contributed by atoms with Gasteiger partial charge in [0, 0.05) is 6.54 Å². The van der Waals surface area contributed by atoms with Crippen LogP contribution in [0, 0.1) is 11.7 Å². The molecule has 1 aliphatic carbocycles. The van der Waals surface area contributed by atoms with Crippen LogP contribution < -0.4 is 5.32 Å². The van der Waals surface area contributed by atoms with Gasteiger partial charge in [0.25, 0.3) is 5.91 Å². The second kappa shape index (κ2) is 7.25. The van der Waals surface area contributed by atoms with Gasteiger partial charge in [0.05, 0.1) is 15.7 Å². The number of halogens is 1. The Balaban J connectivity index is 2.15. The average Bonchev–Trinajstić information content (AvgIpc) is 2.53. The van der Waals surface area contributed by atoms with Gasteiger partial charge in [0.1, 0.15) is 5.82 Å². The van der Waals surface area contributed by atoms with Crippen LogP contribution in [0.2, 0.25) is 0 Å². The summed E-state index contributed by atoms with van der Waals surface area (Å²) in [5, 5.41) is 2.08. The number of hydrogen-bond donors (Lipinski definition) is 1. The van der Waals surface area contributed by atoms with E-state index in [9.17, 15) is 17.6 Å². The van der Waals surface area contributed by atoms with E-state index in [1.807, 2.05) is 0 Å². The van der Waals surface area contributed by atoms with E-state index in [-0.39, 0.29) is 10.5 Å². The lowest BCUT2D eigenvalue weighted by molar-refractivity contribution is 0.0942. The molecule has 1 atom stereocenters. The number of rotatable bonds is 5. The van der Waals surface area contributed by atoms with Gasteiger partial charge in [-0.25, -0.2) is 12.8 Å². The maximum atomic E-state index is 13.9. The summed E-state index contributed by atoms with van der Waals surface area (Å²) in [6, 6.07) is 3.36. The van der Waals surface area contributed by atoms with E-state index in [2.05, 4.69) is 17.5 Å². The molecule has 0 aliphatic heterocycles.